The largest absolute Gasteiger partial charge is 0.306 e. The van der Waals surface area contributed by atoms with Gasteiger partial charge in [0.15, 0.2) is 0 Å². The van der Waals surface area contributed by atoms with E-state index in [0.717, 1.165) is 6.54 Å². The summed E-state index contributed by atoms with van der Waals surface area (Å²) in [7, 11) is 0. The van der Waals surface area contributed by atoms with Crippen LogP contribution in [0, 0.1) is 0 Å². The van der Waals surface area contributed by atoms with E-state index in [1.165, 1.54) is 5.56 Å². The molecular formula is C9H11ClN2. The number of hydrogen-bond acceptors (Lipinski definition) is 2. The standard InChI is InChI=1S/C9H11ClN2/c10-6-7-11-12-8-9-4-2-1-3-5-9/h1-5,7,12H,6,8H2. The Morgan fingerprint density at radius 2 is 2.08 bits per heavy atom. The minimum absolute atomic E-state index is 0.446. The smallest absolute Gasteiger partial charge is 0.0595 e. The second-order valence-corrected chi connectivity index (χ2v) is 2.60. The molecule has 0 bridgehead atoms. The molecule has 2 nitrogen and oxygen atoms in total. The normalized spacial score (nSPS) is 10.4. The molecule has 0 radical (unpaired) electrons. The van der Waals surface area contributed by atoms with Crippen molar-refractivity contribution in [2.24, 2.45) is 5.10 Å². The molecule has 0 atom stereocenters. The second-order valence-electron chi connectivity index (χ2n) is 2.29. The molecule has 0 unspecified atom stereocenters. The van der Waals surface area contributed by atoms with Crippen molar-refractivity contribution in [1.82, 2.24) is 5.43 Å². The molecule has 64 valence electrons. The van der Waals surface area contributed by atoms with E-state index in [-0.39, 0.29) is 0 Å². The molecule has 0 aromatic heterocycles. The van der Waals surface area contributed by atoms with Crippen molar-refractivity contribution in [2.45, 2.75) is 6.54 Å². The van der Waals surface area contributed by atoms with Gasteiger partial charge in [-0.1, -0.05) is 30.3 Å². The van der Waals surface area contributed by atoms with E-state index in [0.29, 0.717) is 5.88 Å². The maximum absolute atomic E-state index is 5.39. The average Bonchev–Trinajstić information content (AvgIpc) is 2.14. The number of rotatable bonds is 4. The molecule has 0 aliphatic carbocycles. The van der Waals surface area contributed by atoms with Crippen molar-refractivity contribution in [1.29, 1.82) is 0 Å². The highest BCUT2D eigenvalue weighted by molar-refractivity contribution is 6.24. The molecule has 3 heteroatoms. The maximum atomic E-state index is 5.39. The molecule has 1 rings (SSSR count). The van der Waals surface area contributed by atoms with E-state index < -0.39 is 0 Å². The zero-order valence-electron chi connectivity index (χ0n) is 6.70. The fraction of sp³-hybridized carbons (Fsp3) is 0.222. The number of benzene rings is 1. The van der Waals surface area contributed by atoms with Crippen LogP contribution in [0.4, 0.5) is 0 Å². The van der Waals surface area contributed by atoms with Crippen molar-refractivity contribution < 1.29 is 0 Å². The Morgan fingerprint density at radius 3 is 2.75 bits per heavy atom. The van der Waals surface area contributed by atoms with Crippen molar-refractivity contribution in [3.05, 3.63) is 35.9 Å². The van der Waals surface area contributed by atoms with Crippen LogP contribution in [-0.2, 0) is 6.54 Å². The highest BCUT2D eigenvalue weighted by Gasteiger charge is 1.85. The van der Waals surface area contributed by atoms with Crippen LogP contribution in [0.5, 0.6) is 0 Å². The molecule has 0 fully saturated rings. The Balaban J connectivity index is 2.29. The van der Waals surface area contributed by atoms with E-state index in [2.05, 4.69) is 10.5 Å². The first-order valence-corrected chi connectivity index (χ1v) is 4.31. The third-order valence-corrected chi connectivity index (χ3v) is 1.52. The summed E-state index contributed by atoms with van der Waals surface area (Å²) in [6, 6.07) is 10.1. The molecular weight excluding hydrogens is 172 g/mol. The Bertz CT molecular complexity index is 234. The summed E-state index contributed by atoms with van der Waals surface area (Å²) in [5, 5.41) is 3.88. The van der Waals surface area contributed by atoms with Gasteiger partial charge in [-0.2, -0.15) is 5.10 Å². The zero-order valence-corrected chi connectivity index (χ0v) is 7.46. The van der Waals surface area contributed by atoms with E-state index in [1.807, 2.05) is 30.3 Å². The van der Waals surface area contributed by atoms with Crippen LogP contribution < -0.4 is 5.43 Å². The van der Waals surface area contributed by atoms with Gasteiger partial charge < -0.3 is 5.43 Å². The molecule has 0 saturated heterocycles. The highest BCUT2D eigenvalue weighted by atomic mass is 35.5. The number of hydrazone groups is 1. The van der Waals surface area contributed by atoms with E-state index in [9.17, 15) is 0 Å². The van der Waals surface area contributed by atoms with Crippen LogP contribution >= 0.6 is 11.6 Å². The third kappa shape index (κ3) is 3.39. The summed E-state index contributed by atoms with van der Waals surface area (Å²) >= 11 is 5.39. The minimum Gasteiger partial charge on any atom is -0.306 e. The summed E-state index contributed by atoms with van der Waals surface area (Å²) in [6.07, 6.45) is 1.63. The van der Waals surface area contributed by atoms with Crippen LogP contribution in [0.2, 0.25) is 0 Å². The molecule has 12 heavy (non-hydrogen) atoms. The van der Waals surface area contributed by atoms with E-state index in [4.69, 9.17) is 11.6 Å². The lowest BCUT2D eigenvalue weighted by atomic mass is 10.2. The van der Waals surface area contributed by atoms with Gasteiger partial charge in [-0.25, -0.2) is 0 Å². The van der Waals surface area contributed by atoms with Crippen molar-refractivity contribution in [3.63, 3.8) is 0 Å². The van der Waals surface area contributed by atoms with Gasteiger partial charge in [0.2, 0.25) is 0 Å². The maximum Gasteiger partial charge on any atom is 0.0595 e. The molecule has 0 saturated carbocycles. The molecule has 1 aromatic carbocycles. The average molecular weight is 183 g/mol. The summed E-state index contributed by atoms with van der Waals surface area (Å²) in [5.41, 5.74) is 4.10. The Hall–Kier alpha value is -1.02. The molecule has 0 spiro atoms. The van der Waals surface area contributed by atoms with Gasteiger partial charge in [0, 0.05) is 6.21 Å². The SMILES string of the molecule is ClCC=NNCc1ccccc1. The van der Waals surface area contributed by atoms with Gasteiger partial charge in [0.1, 0.15) is 0 Å². The Labute approximate surface area is 77.2 Å². The monoisotopic (exact) mass is 182 g/mol. The first-order valence-electron chi connectivity index (χ1n) is 3.78. The Kier molecular flexibility index (Phi) is 4.24. The summed E-state index contributed by atoms with van der Waals surface area (Å²) in [6.45, 7) is 0.744. The number of alkyl halides is 1. The summed E-state index contributed by atoms with van der Waals surface area (Å²) in [4.78, 5) is 0. The third-order valence-electron chi connectivity index (χ3n) is 1.38. The molecule has 0 aliphatic heterocycles. The molecule has 0 amide bonds. The quantitative estimate of drug-likeness (QED) is 0.430. The predicted molar refractivity (Wildman–Crippen MR) is 52.5 cm³/mol. The lowest BCUT2D eigenvalue weighted by Gasteiger charge is -1.98. The van der Waals surface area contributed by atoms with E-state index in [1.54, 1.807) is 6.21 Å². The van der Waals surface area contributed by atoms with Crippen LogP contribution in [0.15, 0.2) is 35.4 Å². The lowest BCUT2D eigenvalue weighted by Crippen LogP contribution is -2.04. The van der Waals surface area contributed by atoms with Gasteiger partial charge >= 0.3 is 0 Å². The van der Waals surface area contributed by atoms with Crippen molar-refractivity contribution >= 4 is 17.8 Å². The molecule has 0 heterocycles. The first kappa shape index (κ1) is 9.07. The highest BCUT2D eigenvalue weighted by Crippen LogP contribution is 1.96. The van der Waals surface area contributed by atoms with Crippen molar-refractivity contribution in [2.75, 3.05) is 5.88 Å². The molecule has 1 aromatic rings. The Morgan fingerprint density at radius 1 is 1.33 bits per heavy atom. The summed E-state index contributed by atoms with van der Waals surface area (Å²) < 4.78 is 0. The summed E-state index contributed by atoms with van der Waals surface area (Å²) in [5.74, 6) is 0.446. The van der Waals surface area contributed by atoms with Crippen LogP contribution in [0.1, 0.15) is 5.56 Å². The number of nitrogens with one attached hydrogen (secondary N) is 1. The van der Waals surface area contributed by atoms with Gasteiger partial charge in [-0.05, 0) is 5.56 Å². The van der Waals surface area contributed by atoms with Crippen LogP contribution in [-0.4, -0.2) is 12.1 Å². The molecule has 1 N–H and O–H groups in total. The predicted octanol–water partition coefficient (Wildman–Crippen LogP) is 2.00. The van der Waals surface area contributed by atoms with Crippen LogP contribution in [0.25, 0.3) is 0 Å². The number of halogens is 1. The fourth-order valence-corrected chi connectivity index (χ4v) is 0.901. The van der Waals surface area contributed by atoms with E-state index >= 15 is 0 Å². The number of hydrogen-bond donors (Lipinski definition) is 1. The lowest BCUT2D eigenvalue weighted by molar-refractivity contribution is 0.747. The first-order chi connectivity index (χ1) is 5.93. The van der Waals surface area contributed by atoms with Gasteiger partial charge in [-0.3, -0.25) is 0 Å². The zero-order chi connectivity index (χ0) is 8.65. The van der Waals surface area contributed by atoms with Gasteiger partial charge in [0.05, 0.1) is 12.4 Å². The second kappa shape index (κ2) is 5.61. The number of nitrogens with zero attached hydrogens (tertiary/aromatic N) is 1. The van der Waals surface area contributed by atoms with Gasteiger partial charge in [-0.15, -0.1) is 11.6 Å². The fourth-order valence-electron chi connectivity index (χ4n) is 0.832. The topological polar surface area (TPSA) is 24.4 Å². The van der Waals surface area contributed by atoms with Crippen molar-refractivity contribution in [3.8, 4) is 0 Å². The van der Waals surface area contributed by atoms with Gasteiger partial charge in [0.25, 0.3) is 0 Å². The van der Waals surface area contributed by atoms with Crippen LogP contribution in [0.3, 0.4) is 0 Å². The minimum atomic E-state index is 0.446. The molecule has 0 aliphatic rings.